The highest BCUT2D eigenvalue weighted by molar-refractivity contribution is 7.90. The minimum atomic E-state index is -4.66. The Kier molecular flexibility index (Phi) is 7.70. The maximum atomic E-state index is 14.4. The fraction of sp³-hybridized carbons (Fsp3) is 0.0645. The van der Waals surface area contributed by atoms with Gasteiger partial charge in [0.25, 0.3) is 10.0 Å². The van der Waals surface area contributed by atoms with Crippen LogP contribution in [0.5, 0.6) is 0 Å². The lowest BCUT2D eigenvalue weighted by Gasteiger charge is -2.19. The number of amidine groups is 1. The highest BCUT2D eigenvalue weighted by Crippen LogP contribution is 2.35. The van der Waals surface area contributed by atoms with Crippen molar-refractivity contribution < 1.29 is 27.5 Å². The number of ketones is 2. The second-order valence-electron chi connectivity index (χ2n) is 9.46. The topological polar surface area (TPSA) is 148 Å². The van der Waals surface area contributed by atoms with E-state index in [1.165, 1.54) is 37.3 Å². The van der Waals surface area contributed by atoms with Crippen LogP contribution in [0.4, 0.5) is 15.8 Å². The number of hydrogen-bond acceptors (Lipinski definition) is 8. The molecule has 1 atom stereocenters. The molecule has 0 saturated heterocycles. The van der Waals surface area contributed by atoms with Crippen LogP contribution in [0.1, 0.15) is 27.6 Å². The van der Waals surface area contributed by atoms with Gasteiger partial charge in [0.05, 0.1) is 11.4 Å². The zero-order chi connectivity index (χ0) is 30.0. The normalized spacial score (nSPS) is 12.9. The maximum absolute atomic E-state index is 14.4. The van der Waals surface area contributed by atoms with Gasteiger partial charge in [-0.05, 0) is 42.8 Å². The zero-order valence-corrected chi connectivity index (χ0v) is 23.0. The highest BCUT2D eigenvalue weighted by atomic mass is 32.2. The van der Waals surface area contributed by atoms with E-state index in [0.717, 1.165) is 12.1 Å². The molecule has 0 amide bonds. The van der Waals surface area contributed by atoms with E-state index in [1.807, 2.05) is 4.72 Å². The summed E-state index contributed by atoms with van der Waals surface area (Å²) in [5, 5.41) is 23.8. The summed E-state index contributed by atoms with van der Waals surface area (Å²) in [4.78, 5) is 27.8. The smallest absolute Gasteiger partial charge is 0.264 e. The summed E-state index contributed by atoms with van der Waals surface area (Å²) in [6.07, 6.45) is -1.44. The van der Waals surface area contributed by atoms with Gasteiger partial charge >= 0.3 is 0 Å². The molecular weight excluding hydrogens is 559 g/mol. The number of anilines is 2. The molecule has 0 aliphatic carbocycles. The number of carbonyl (C=O) groups is 2. The number of aliphatic hydroxyl groups excluding tert-OH is 1. The summed E-state index contributed by atoms with van der Waals surface area (Å²) in [6.45, 7) is 1.22. The van der Waals surface area contributed by atoms with E-state index in [0.29, 0.717) is 16.9 Å². The van der Waals surface area contributed by atoms with Crippen LogP contribution >= 0.6 is 0 Å². The lowest BCUT2D eigenvalue weighted by molar-refractivity contribution is 0.0959. The summed E-state index contributed by atoms with van der Waals surface area (Å²) in [5.41, 5.74) is 0.781. The molecule has 11 heteroatoms. The van der Waals surface area contributed by atoms with Gasteiger partial charge in [0, 0.05) is 16.7 Å². The van der Waals surface area contributed by atoms with Crippen LogP contribution in [0.15, 0.2) is 113 Å². The number of aliphatic hydroxyl groups is 1. The molecule has 0 bridgehead atoms. The Labute approximate surface area is 241 Å². The molecule has 212 valence electrons. The molecule has 0 unspecified atom stereocenters. The van der Waals surface area contributed by atoms with Crippen molar-refractivity contribution >= 4 is 38.8 Å². The van der Waals surface area contributed by atoms with Crippen LogP contribution in [0.25, 0.3) is 11.1 Å². The van der Waals surface area contributed by atoms with E-state index in [-0.39, 0.29) is 22.5 Å². The third kappa shape index (κ3) is 5.55. The first-order chi connectivity index (χ1) is 20.1. The van der Waals surface area contributed by atoms with Crippen molar-refractivity contribution in [1.29, 1.82) is 5.41 Å². The molecule has 0 saturated carbocycles. The van der Waals surface area contributed by atoms with Crippen molar-refractivity contribution in [2.45, 2.75) is 17.9 Å². The molecule has 0 aromatic heterocycles. The summed E-state index contributed by atoms with van der Waals surface area (Å²) >= 11 is 0. The van der Waals surface area contributed by atoms with Gasteiger partial charge in [0.2, 0.25) is 11.6 Å². The molecule has 9 nitrogen and oxygen atoms in total. The van der Waals surface area contributed by atoms with Gasteiger partial charge in [-0.3, -0.25) is 19.7 Å². The maximum Gasteiger partial charge on any atom is 0.264 e. The number of allylic oxidation sites excluding steroid dienone is 1. The van der Waals surface area contributed by atoms with Crippen molar-refractivity contribution in [3.05, 3.63) is 125 Å². The van der Waals surface area contributed by atoms with Gasteiger partial charge in [-0.15, -0.1) is 0 Å². The molecule has 1 aliphatic rings. The fourth-order valence-electron chi connectivity index (χ4n) is 4.50. The molecule has 1 heterocycles. The van der Waals surface area contributed by atoms with Crippen LogP contribution in [0.3, 0.4) is 0 Å². The van der Waals surface area contributed by atoms with Gasteiger partial charge in [-0.1, -0.05) is 66.7 Å². The predicted octanol–water partition coefficient (Wildman–Crippen LogP) is 4.94. The van der Waals surface area contributed by atoms with Gasteiger partial charge in [-0.25, -0.2) is 12.8 Å². The number of halogens is 1. The monoisotopic (exact) mass is 584 g/mol. The summed E-state index contributed by atoms with van der Waals surface area (Å²) in [6, 6.07) is 24.4. The number of nitrogens with one attached hydrogen (secondary N) is 4. The average molecular weight is 585 g/mol. The molecule has 0 fully saturated rings. The van der Waals surface area contributed by atoms with Crippen LogP contribution in [0.2, 0.25) is 0 Å². The Morgan fingerprint density at radius 3 is 2.10 bits per heavy atom. The molecule has 4 aromatic rings. The van der Waals surface area contributed by atoms with Crippen LogP contribution in [0, 0.1) is 11.2 Å². The molecule has 42 heavy (non-hydrogen) atoms. The van der Waals surface area contributed by atoms with E-state index in [4.69, 9.17) is 5.41 Å². The second kappa shape index (κ2) is 11.4. The Balaban J connectivity index is 1.74. The van der Waals surface area contributed by atoms with Crippen LogP contribution in [-0.4, -0.2) is 37.0 Å². The fourth-order valence-corrected chi connectivity index (χ4v) is 5.98. The van der Waals surface area contributed by atoms with Crippen molar-refractivity contribution in [3.63, 3.8) is 0 Å². The highest BCUT2D eigenvalue weighted by Gasteiger charge is 2.34. The predicted molar refractivity (Wildman–Crippen MR) is 157 cm³/mol. The van der Waals surface area contributed by atoms with E-state index < -0.39 is 49.8 Å². The Morgan fingerprint density at radius 2 is 1.48 bits per heavy atom. The number of sulfonamides is 1. The van der Waals surface area contributed by atoms with Gasteiger partial charge < -0.3 is 15.7 Å². The third-order valence-electron chi connectivity index (χ3n) is 6.51. The van der Waals surface area contributed by atoms with Crippen molar-refractivity contribution in [2.24, 2.45) is 0 Å². The molecular formula is C31H25FN4O5S. The van der Waals surface area contributed by atoms with Crippen molar-refractivity contribution in [2.75, 3.05) is 10.6 Å². The van der Waals surface area contributed by atoms with E-state index >= 15 is 0 Å². The Hall–Kier alpha value is -5.13. The van der Waals surface area contributed by atoms with Crippen molar-refractivity contribution in [1.82, 2.24) is 4.72 Å². The largest absolute Gasteiger partial charge is 0.385 e. The summed E-state index contributed by atoms with van der Waals surface area (Å²) in [7, 11) is -4.66. The lowest BCUT2D eigenvalue weighted by atomic mass is 9.93. The van der Waals surface area contributed by atoms with E-state index in [1.54, 1.807) is 54.6 Å². The van der Waals surface area contributed by atoms with E-state index in [2.05, 4.69) is 10.6 Å². The minimum Gasteiger partial charge on any atom is -0.385 e. The van der Waals surface area contributed by atoms with E-state index in [9.17, 15) is 27.5 Å². The molecule has 5 rings (SSSR count). The zero-order valence-electron chi connectivity index (χ0n) is 22.2. The summed E-state index contributed by atoms with van der Waals surface area (Å²) in [5.74, 6) is -3.22. The van der Waals surface area contributed by atoms with Crippen LogP contribution < -0.4 is 15.4 Å². The first-order valence-corrected chi connectivity index (χ1v) is 14.2. The molecule has 1 aliphatic heterocycles. The van der Waals surface area contributed by atoms with Gasteiger partial charge in [0.15, 0.2) is 0 Å². The molecule has 0 spiro atoms. The van der Waals surface area contributed by atoms with Gasteiger partial charge in [0.1, 0.15) is 34.0 Å². The lowest BCUT2D eigenvalue weighted by Crippen LogP contribution is -2.37. The number of fused-ring (bicyclic) bond motifs is 1. The SMILES string of the molecule is C[C@@H](O)C(=N)NS(=O)(=O)c1c(C(=O)C(C(=O)c2cccc(F)c2)=C2Nc3ccccc3N2)cccc1-c1ccccc1. The Morgan fingerprint density at radius 1 is 0.857 bits per heavy atom. The number of Topliss-reactive ketones (excluding diaryl/α,β-unsaturated/α-hetero) is 2. The molecule has 4 aromatic carbocycles. The minimum absolute atomic E-state index is 0.00592. The second-order valence-corrected chi connectivity index (χ2v) is 11.1. The average Bonchev–Trinajstić information content (AvgIpc) is 3.40. The summed E-state index contributed by atoms with van der Waals surface area (Å²) < 4.78 is 43.7. The first kappa shape index (κ1) is 28.4. The number of carbonyl (C=O) groups excluding carboxylic acids is 2. The number of rotatable bonds is 8. The van der Waals surface area contributed by atoms with Gasteiger partial charge in [-0.2, -0.15) is 0 Å². The Bertz CT molecular complexity index is 1840. The number of benzene rings is 4. The molecule has 5 N–H and O–H groups in total. The third-order valence-corrected chi connectivity index (χ3v) is 7.98. The first-order valence-electron chi connectivity index (χ1n) is 12.8. The van der Waals surface area contributed by atoms with Crippen molar-refractivity contribution in [3.8, 4) is 11.1 Å². The number of hydrogen-bond donors (Lipinski definition) is 5. The van der Waals surface area contributed by atoms with Crippen LogP contribution in [-0.2, 0) is 10.0 Å². The number of para-hydroxylation sites is 2. The quantitative estimate of drug-likeness (QED) is 0.0492. The molecule has 0 radical (unpaired) electrons. The standard InChI is InChI=1S/C31H25FN4O5S/c1-18(37)30(33)36-42(40,41)29-22(19-9-3-2-4-10-19)13-8-14-23(29)28(39)26(27(38)20-11-7-12-21(32)17-20)31-34-24-15-5-6-16-25(24)35-31/h2-18,34-35,37H,1H3,(H2,33,36)/t18-/m1/s1.